The Kier molecular flexibility index (Phi) is 4.86. The van der Waals surface area contributed by atoms with Crippen molar-refractivity contribution in [2.24, 2.45) is 4.99 Å². The van der Waals surface area contributed by atoms with Crippen molar-refractivity contribution >= 4 is 5.84 Å². The van der Waals surface area contributed by atoms with Gasteiger partial charge in [0.25, 0.3) is 0 Å². The zero-order valence-electron chi connectivity index (χ0n) is 14.7. The zero-order valence-corrected chi connectivity index (χ0v) is 14.7. The third kappa shape index (κ3) is 3.76. The van der Waals surface area contributed by atoms with Crippen LogP contribution in [0.1, 0.15) is 28.8 Å². The number of benzene rings is 3. The summed E-state index contributed by atoms with van der Waals surface area (Å²) in [6.45, 7) is 0. The molecule has 1 aliphatic heterocycles. The number of rotatable bonds is 4. The first-order chi connectivity index (χ1) is 13.5. The van der Waals surface area contributed by atoms with Gasteiger partial charge in [0.15, 0.2) is 11.6 Å². The molecule has 6 heteroatoms. The van der Waals surface area contributed by atoms with Crippen LogP contribution in [0, 0.1) is 23.3 Å². The quantitative estimate of drug-likeness (QED) is 0.609. The highest BCUT2D eigenvalue weighted by atomic mass is 19.2. The van der Waals surface area contributed by atoms with Crippen LogP contribution in [-0.4, -0.2) is 5.84 Å². The summed E-state index contributed by atoms with van der Waals surface area (Å²) in [5.41, 5.74) is 1.85. The number of hydrogen-bond acceptors (Lipinski definition) is 2. The van der Waals surface area contributed by atoms with E-state index in [1.807, 2.05) is 0 Å². The molecule has 0 spiro atoms. The van der Waals surface area contributed by atoms with Gasteiger partial charge in [-0.05, 0) is 53.1 Å². The van der Waals surface area contributed by atoms with Gasteiger partial charge in [-0.1, -0.05) is 30.3 Å². The molecule has 0 amide bonds. The topological polar surface area (TPSA) is 24.4 Å². The second-order valence-electron chi connectivity index (χ2n) is 6.68. The second kappa shape index (κ2) is 7.46. The summed E-state index contributed by atoms with van der Waals surface area (Å²) in [6.07, 6.45) is 0.245. The first kappa shape index (κ1) is 18.2. The Morgan fingerprint density at radius 3 is 2.11 bits per heavy atom. The highest BCUT2D eigenvalue weighted by molar-refractivity contribution is 5.87. The Hall–Kier alpha value is -3.15. The van der Waals surface area contributed by atoms with Crippen LogP contribution >= 0.6 is 0 Å². The minimum absolute atomic E-state index is 0.245. The predicted octanol–water partition coefficient (Wildman–Crippen LogP) is 5.27. The highest BCUT2D eigenvalue weighted by Gasteiger charge is 2.31. The number of nitrogens with one attached hydrogen (secondary N) is 1. The van der Waals surface area contributed by atoms with E-state index in [1.54, 1.807) is 24.3 Å². The van der Waals surface area contributed by atoms with Crippen LogP contribution < -0.4 is 5.32 Å². The van der Waals surface area contributed by atoms with E-state index in [4.69, 9.17) is 0 Å². The maximum atomic E-state index is 13.7. The molecule has 0 saturated heterocycles. The van der Waals surface area contributed by atoms with E-state index in [2.05, 4.69) is 10.3 Å². The Morgan fingerprint density at radius 1 is 0.750 bits per heavy atom. The molecule has 2 atom stereocenters. The van der Waals surface area contributed by atoms with Crippen LogP contribution in [0.2, 0.25) is 0 Å². The molecule has 0 aromatic heterocycles. The number of nitrogens with zero attached hydrogens (tertiary/aromatic N) is 1. The zero-order chi connectivity index (χ0) is 19.7. The van der Waals surface area contributed by atoms with Crippen LogP contribution in [0.3, 0.4) is 0 Å². The van der Waals surface area contributed by atoms with Gasteiger partial charge in [-0.3, -0.25) is 4.99 Å². The minimum atomic E-state index is -0.931. The third-order valence-corrected chi connectivity index (χ3v) is 4.69. The van der Waals surface area contributed by atoms with Gasteiger partial charge < -0.3 is 5.32 Å². The normalized spacial score (nSPS) is 18.6. The molecular formula is C22H16F4N2. The van der Waals surface area contributed by atoms with Gasteiger partial charge >= 0.3 is 0 Å². The lowest BCUT2D eigenvalue weighted by molar-refractivity contribution is 0.507. The highest BCUT2D eigenvalue weighted by Crippen LogP contribution is 2.37. The van der Waals surface area contributed by atoms with Crippen LogP contribution in [0.5, 0.6) is 0 Å². The maximum Gasteiger partial charge on any atom is 0.159 e. The number of hydrogen-bond donors (Lipinski definition) is 1. The molecule has 0 fully saturated rings. The van der Waals surface area contributed by atoms with Gasteiger partial charge in [-0.25, -0.2) is 17.6 Å². The van der Waals surface area contributed by atoms with E-state index in [9.17, 15) is 17.6 Å². The van der Waals surface area contributed by atoms with Crippen LogP contribution in [0.25, 0.3) is 0 Å². The van der Waals surface area contributed by atoms with E-state index in [1.165, 1.54) is 30.3 Å². The molecule has 142 valence electrons. The summed E-state index contributed by atoms with van der Waals surface area (Å²) < 4.78 is 54.1. The number of amidine groups is 1. The van der Waals surface area contributed by atoms with Crippen LogP contribution in [0.15, 0.2) is 71.7 Å². The molecule has 3 aromatic carbocycles. The van der Waals surface area contributed by atoms with Crippen molar-refractivity contribution in [3.8, 4) is 0 Å². The Bertz CT molecular complexity index is 1050. The molecule has 0 bridgehead atoms. The second-order valence-corrected chi connectivity index (χ2v) is 6.68. The molecule has 0 aliphatic carbocycles. The average molecular weight is 384 g/mol. The molecule has 2 nitrogen and oxygen atoms in total. The first-order valence-corrected chi connectivity index (χ1v) is 8.77. The average Bonchev–Trinajstić information content (AvgIpc) is 3.09. The molecule has 1 N–H and O–H groups in total. The van der Waals surface area contributed by atoms with E-state index in [0.717, 1.165) is 12.1 Å². The fourth-order valence-corrected chi connectivity index (χ4v) is 3.40. The van der Waals surface area contributed by atoms with E-state index in [-0.39, 0.29) is 18.1 Å². The number of aliphatic imine (C=N–C) groups is 1. The van der Waals surface area contributed by atoms with Crippen molar-refractivity contribution < 1.29 is 17.6 Å². The summed E-state index contributed by atoms with van der Waals surface area (Å²) in [6, 6.07) is 15.0. The largest absolute Gasteiger partial charge is 0.364 e. The molecule has 0 saturated carbocycles. The van der Waals surface area contributed by atoms with Crippen molar-refractivity contribution in [3.05, 3.63) is 107 Å². The third-order valence-electron chi connectivity index (χ3n) is 4.69. The van der Waals surface area contributed by atoms with Gasteiger partial charge in [-0.15, -0.1) is 0 Å². The summed E-state index contributed by atoms with van der Waals surface area (Å²) in [5, 5.41) is 3.23. The molecule has 4 rings (SSSR count). The van der Waals surface area contributed by atoms with E-state index in [0.29, 0.717) is 22.5 Å². The summed E-state index contributed by atoms with van der Waals surface area (Å²) in [7, 11) is 0. The van der Waals surface area contributed by atoms with Crippen LogP contribution in [-0.2, 0) is 6.42 Å². The fraction of sp³-hybridized carbons (Fsp3) is 0.136. The Balaban J connectivity index is 1.68. The molecule has 3 aromatic rings. The lowest BCUT2D eigenvalue weighted by Gasteiger charge is -2.20. The molecule has 0 unspecified atom stereocenters. The van der Waals surface area contributed by atoms with Gasteiger partial charge in [0.05, 0.1) is 6.04 Å². The maximum absolute atomic E-state index is 13.7. The van der Waals surface area contributed by atoms with Crippen molar-refractivity contribution in [3.63, 3.8) is 0 Å². The minimum Gasteiger partial charge on any atom is -0.364 e. The Labute approximate surface area is 159 Å². The predicted molar refractivity (Wildman–Crippen MR) is 98.9 cm³/mol. The molecular weight excluding hydrogens is 368 g/mol. The van der Waals surface area contributed by atoms with E-state index >= 15 is 0 Å². The number of halogens is 4. The monoisotopic (exact) mass is 384 g/mol. The van der Waals surface area contributed by atoms with Gasteiger partial charge in [0, 0.05) is 6.42 Å². The van der Waals surface area contributed by atoms with Crippen molar-refractivity contribution in [1.82, 2.24) is 5.32 Å². The van der Waals surface area contributed by atoms with Gasteiger partial charge in [0.1, 0.15) is 23.5 Å². The smallest absolute Gasteiger partial charge is 0.159 e. The summed E-state index contributed by atoms with van der Waals surface area (Å²) in [4.78, 5) is 4.63. The fourth-order valence-electron chi connectivity index (χ4n) is 3.40. The molecule has 0 radical (unpaired) electrons. The standard InChI is InChI=1S/C22H16F4N2/c23-16-5-1-3-14(11-16)21-22(15-4-2-6-17(24)12-15)28-20(27-21)10-13-7-8-18(25)19(26)9-13/h1-9,11-12,21-22H,10H2,(H,27,28)/t21-,22+. The van der Waals surface area contributed by atoms with Gasteiger partial charge in [-0.2, -0.15) is 0 Å². The van der Waals surface area contributed by atoms with Crippen molar-refractivity contribution in [2.75, 3.05) is 0 Å². The molecule has 1 heterocycles. The first-order valence-electron chi connectivity index (χ1n) is 8.77. The van der Waals surface area contributed by atoms with E-state index < -0.39 is 23.7 Å². The lowest BCUT2D eigenvalue weighted by atomic mass is 9.95. The van der Waals surface area contributed by atoms with Crippen LogP contribution in [0.4, 0.5) is 17.6 Å². The van der Waals surface area contributed by atoms with Crippen molar-refractivity contribution in [2.45, 2.75) is 18.5 Å². The summed E-state index contributed by atoms with van der Waals surface area (Å²) >= 11 is 0. The Morgan fingerprint density at radius 2 is 1.43 bits per heavy atom. The van der Waals surface area contributed by atoms with Gasteiger partial charge in [0.2, 0.25) is 0 Å². The van der Waals surface area contributed by atoms with Crippen molar-refractivity contribution in [1.29, 1.82) is 0 Å². The SMILES string of the molecule is Fc1cccc([C@H]2N=C(Cc3ccc(F)c(F)c3)N[C@H]2c2cccc(F)c2)c1. The lowest BCUT2D eigenvalue weighted by Crippen LogP contribution is -2.26. The molecule has 1 aliphatic rings. The summed E-state index contributed by atoms with van der Waals surface area (Å²) in [5.74, 6) is -2.08. The molecule has 28 heavy (non-hydrogen) atoms.